The van der Waals surface area contributed by atoms with Crippen LogP contribution in [0, 0.1) is 5.82 Å². The molecule has 3 heterocycles. The fourth-order valence-corrected chi connectivity index (χ4v) is 5.18. The maximum atomic E-state index is 13.8. The molecule has 0 bridgehead atoms. The summed E-state index contributed by atoms with van der Waals surface area (Å²) >= 11 is 2.48. The monoisotopic (exact) mass is 459 g/mol. The van der Waals surface area contributed by atoms with E-state index in [1.807, 2.05) is 0 Å². The number of piperidine rings is 1. The molecule has 1 saturated heterocycles. The molecule has 1 N–H and O–H groups in total. The highest BCUT2D eigenvalue weighted by atomic mass is 32.2. The van der Waals surface area contributed by atoms with Crippen molar-refractivity contribution in [3.8, 4) is 0 Å². The van der Waals surface area contributed by atoms with E-state index in [4.69, 9.17) is 0 Å². The van der Waals surface area contributed by atoms with Gasteiger partial charge in [-0.15, -0.1) is 6.58 Å². The molecule has 31 heavy (non-hydrogen) atoms. The molecule has 10 heteroatoms. The molecule has 1 aromatic carbocycles. The summed E-state index contributed by atoms with van der Waals surface area (Å²) in [5.74, 6) is -0.912. The lowest BCUT2D eigenvalue weighted by atomic mass is 10.1. The van der Waals surface area contributed by atoms with Crippen molar-refractivity contribution in [2.75, 3.05) is 29.1 Å². The highest BCUT2D eigenvalue weighted by Gasteiger charge is 2.20. The lowest BCUT2D eigenvalue weighted by Crippen LogP contribution is -2.29. The van der Waals surface area contributed by atoms with Gasteiger partial charge in [0.05, 0.1) is 11.4 Å². The van der Waals surface area contributed by atoms with Gasteiger partial charge in [0.25, 0.3) is 5.56 Å². The smallest absolute Gasteiger partial charge is 0.274 e. The van der Waals surface area contributed by atoms with Crippen LogP contribution in [0.5, 0.6) is 0 Å². The van der Waals surface area contributed by atoms with Crippen molar-refractivity contribution < 1.29 is 9.18 Å². The summed E-state index contributed by atoms with van der Waals surface area (Å²) in [6.07, 6.45) is 5.05. The predicted molar refractivity (Wildman–Crippen MR) is 124 cm³/mol. The summed E-state index contributed by atoms with van der Waals surface area (Å²) in [4.78, 5) is 36.7. The zero-order valence-electron chi connectivity index (χ0n) is 16.8. The Kier molecular flexibility index (Phi) is 6.67. The number of fused-ring (bicyclic) bond motifs is 1. The lowest BCUT2D eigenvalue weighted by Gasteiger charge is -2.25. The molecule has 1 fully saturated rings. The number of allylic oxidation sites excluding steroid dienone is 1. The Hall–Kier alpha value is -2.72. The number of benzene rings is 1. The van der Waals surface area contributed by atoms with Crippen molar-refractivity contribution in [2.24, 2.45) is 0 Å². The molecule has 162 valence electrons. The first kappa shape index (κ1) is 21.5. The summed E-state index contributed by atoms with van der Waals surface area (Å²) in [5, 5.41) is 3.74. The first-order chi connectivity index (χ1) is 15.1. The number of nitrogens with one attached hydrogen (secondary N) is 1. The highest BCUT2D eigenvalue weighted by Crippen LogP contribution is 2.29. The van der Waals surface area contributed by atoms with Gasteiger partial charge in [0.15, 0.2) is 15.9 Å². The van der Waals surface area contributed by atoms with Crippen LogP contribution in [-0.4, -0.2) is 39.3 Å². The third kappa shape index (κ3) is 4.80. The second-order valence-electron chi connectivity index (χ2n) is 7.11. The molecule has 0 atom stereocenters. The number of nitrogens with zero attached hydrogens (tertiary/aromatic N) is 4. The maximum Gasteiger partial charge on any atom is 0.274 e. The molecule has 0 saturated carbocycles. The molecule has 0 unspecified atom stereocenters. The Bertz CT molecular complexity index is 1170. The van der Waals surface area contributed by atoms with Gasteiger partial charge in [-0.1, -0.05) is 41.3 Å². The third-order valence-corrected chi connectivity index (χ3v) is 6.96. The first-order valence-electron chi connectivity index (χ1n) is 10.0. The van der Waals surface area contributed by atoms with Gasteiger partial charge in [-0.05, 0) is 31.4 Å². The van der Waals surface area contributed by atoms with Crippen molar-refractivity contribution in [3.05, 3.63) is 53.1 Å². The number of rotatable bonds is 7. The first-order valence-corrected chi connectivity index (χ1v) is 11.8. The molecular formula is C21H22FN5O2S2. The molecule has 2 aromatic heterocycles. The number of anilines is 2. The molecular weight excluding hydrogens is 437 g/mol. The van der Waals surface area contributed by atoms with Gasteiger partial charge >= 0.3 is 0 Å². The Morgan fingerprint density at radius 1 is 1.26 bits per heavy atom. The number of hydrogen-bond donors (Lipinski definition) is 1. The fourth-order valence-electron chi connectivity index (χ4n) is 3.38. The third-order valence-electron chi connectivity index (χ3n) is 4.89. The van der Waals surface area contributed by atoms with Gasteiger partial charge in [-0.3, -0.25) is 14.2 Å². The van der Waals surface area contributed by atoms with Crippen LogP contribution in [0.4, 0.5) is 15.2 Å². The second kappa shape index (κ2) is 9.61. The minimum absolute atomic E-state index is 0.0213. The molecule has 0 spiro atoms. The zero-order valence-corrected chi connectivity index (χ0v) is 18.5. The lowest BCUT2D eigenvalue weighted by molar-refractivity contribution is -0.113. The normalized spacial score (nSPS) is 14.0. The van der Waals surface area contributed by atoms with E-state index >= 15 is 0 Å². The van der Waals surface area contributed by atoms with E-state index in [9.17, 15) is 14.0 Å². The van der Waals surface area contributed by atoms with E-state index in [-0.39, 0.29) is 29.5 Å². The van der Waals surface area contributed by atoms with Gasteiger partial charge in [0.1, 0.15) is 10.5 Å². The SMILES string of the molecule is C=CCn1c(SCC(=O)Nc2ccccc2F)nc2nc(N3CCCCC3)sc2c1=O. The molecule has 0 radical (unpaired) electrons. The summed E-state index contributed by atoms with van der Waals surface area (Å²) < 4.78 is 15.8. The topological polar surface area (TPSA) is 80.1 Å². The van der Waals surface area contributed by atoms with Crippen molar-refractivity contribution in [1.29, 1.82) is 0 Å². The number of carbonyl (C=O) groups excluding carboxylic acids is 1. The van der Waals surface area contributed by atoms with E-state index in [1.165, 1.54) is 34.5 Å². The zero-order chi connectivity index (χ0) is 21.8. The van der Waals surface area contributed by atoms with Gasteiger partial charge in [0.2, 0.25) is 5.91 Å². The van der Waals surface area contributed by atoms with Gasteiger partial charge < -0.3 is 10.2 Å². The van der Waals surface area contributed by atoms with Crippen LogP contribution in [0.3, 0.4) is 0 Å². The van der Waals surface area contributed by atoms with Crippen molar-refractivity contribution in [3.63, 3.8) is 0 Å². The summed E-state index contributed by atoms with van der Waals surface area (Å²) in [7, 11) is 0. The number of thiazole rings is 1. The van der Waals surface area contributed by atoms with Crippen LogP contribution >= 0.6 is 23.1 Å². The van der Waals surface area contributed by atoms with E-state index < -0.39 is 5.82 Å². The van der Waals surface area contributed by atoms with Crippen LogP contribution < -0.4 is 15.8 Å². The minimum Gasteiger partial charge on any atom is -0.348 e. The fraction of sp³-hybridized carbons (Fsp3) is 0.333. The Morgan fingerprint density at radius 3 is 2.77 bits per heavy atom. The second-order valence-corrected chi connectivity index (χ2v) is 9.03. The molecule has 1 aliphatic rings. The average molecular weight is 460 g/mol. The maximum absolute atomic E-state index is 13.8. The molecule has 0 aliphatic carbocycles. The minimum atomic E-state index is -0.503. The standard InChI is InChI=1S/C21H22FN5O2S2/c1-2-10-27-19(29)17-18(24-20(31-17)26-11-6-3-7-12-26)25-21(27)30-13-16(28)23-15-9-5-4-8-14(15)22/h2,4-5,8-9H,1,3,6-7,10-13H2,(H,23,28). The van der Waals surface area contributed by atoms with Gasteiger partial charge in [-0.2, -0.15) is 4.98 Å². The summed E-state index contributed by atoms with van der Waals surface area (Å²) in [6.45, 7) is 5.85. The van der Waals surface area contributed by atoms with Crippen LogP contribution in [0.15, 0.2) is 46.9 Å². The van der Waals surface area contributed by atoms with Crippen LogP contribution in [0.2, 0.25) is 0 Å². The van der Waals surface area contributed by atoms with Crippen LogP contribution in [0.25, 0.3) is 10.3 Å². The largest absolute Gasteiger partial charge is 0.348 e. The Balaban J connectivity index is 1.57. The van der Waals surface area contributed by atoms with Crippen LogP contribution in [-0.2, 0) is 11.3 Å². The van der Waals surface area contributed by atoms with Gasteiger partial charge in [-0.25, -0.2) is 9.37 Å². The number of aromatic nitrogens is 3. The average Bonchev–Trinajstić information content (AvgIpc) is 3.21. The number of thioether (sulfide) groups is 1. The van der Waals surface area contributed by atoms with Crippen LogP contribution in [0.1, 0.15) is 19.3 Å². The molecule has 7 nitrogen and oxygen atoms in total. The van der Waals surface area contributed by atoms with E-state index in [0.717, 1.165) is 42.8 Å². The molecule has 4 rings (SSSR count). The number of carbonyl (C=O) groups is 1. The number of amides is 1. The summed E-state index contributed by atoms with van der Waals surface area (Å²) in [5.41, 5.74) is 0.321. The molecule has 1 amide bonds. The molecule has 1 aliphatic heterocycles. The van der Waals surface area contributed by atoms with Crippen molar-refractivity contribution in [2.45, 2.75) is 31.0 Å². The van der Waals surface area contributed by atoms with Crippen molar-refractivity contribution in [1.82, 2.24) is 14.5 Å². The van der Waals surface area contributed by atoms with Crippen molar-refractivity contribution >= 4 is 50.2 Å². The predicted octanol–water partition coefficient (Wildman–Crippen LogP) is 3.90. The highest BCUT2D eigenvalue weighted by molar-refractivity contribution is 7.99. The van der Waals surface area contributed by atoms with E-state index in [2.05, 4.69) is 26.8 Å². The number of para-hydroxylation sites is 1. The Labute approximate surface area is 187 Å². The van der Waals surface area contributed by atoms with E-state index in [1.54, 1.807) is 18.2 Å². The molecule has 3 aromatic rings. The number of halogens is 1. The quantitative estimate of drug-likeness (QED) is 0.328. The van der Waals surface area contributed by atoms with E-state index in [0.29, 0.717) is 15.5 Å². The summed E-state index contributed by atoms with van der Waals surface area (Å²) in [6, 6.07) is 5.97. The number of hydrogen-bond acceptors (Lipinski definition) is 7. The van der Waals surface area contributed by atoms with Gasteiger partial charge in [0, 0.05) is 19.6 Å². The Morgan fingerprint density at radius 2 is 2.03 bits per heavy atom.